The maximum Gasteiger partial charge on any atom is 0.248 e. The summed E-state index contributed by atoms with van der Waals surface area (Å²) in [5.74, 6) is 0.575. The molecule has 0 radical (unpaired) electrons. The maximum atomic E-state index is 12.6. The fourth-order valence-electron chi connectivity index (χ4n) is 2.57. The normalized spacial score (nSPS) is 25.8. The molecular formula is C11H19N3O3S. The van der Waals surface area contributed by atoms with E-state index >= 15 is 0 Å². The highest BCUT2D eigenvalue weighted by molar-refractivity contribution is 7.89. The molecular weight excluding hydrogens is 254 g/mol. The highest BCUT2D eigenvalue weighted by Crippen LogP contribution is 2.31. The van der Waals surface area contributed by atoms with Crippen molar-refractivity contribution in [3.63, 3.8) is 0 Å². The number of hydrogen-bond donors (Lipinski definition) is 1. The molecule has 6 nitrogen and oxygen atoms in total. The summed E-state index contributed by atoms with van der Waals surface area (Å²) in [6.07, 6.45) is 0.805. The van der Waals surface area contributed by atoms with Crippen LogP contribution in [0, 0.1) is 19.8 Å². The van der Waals surface area contributed by atoms with Gasteiger partial charge in [-0.15, -0.1) is 0 Å². The van der Waals surface area contributed by atoms with Gasteiger partial charge in [0.25, 0.3) is 0 Å². The Hall–Kier alpha value is -0.920. The molecule has 0 spiro atoms. The molecule has 0 aromatic carbocycles. The molecule has 7 heteroatoms. The standard InChI is InChI=1S/C11H19N3O3S/c1-7-4-10(5-12)6-14(7)18(15,16)11-8(2)13-17-9(11)3/h7,10H,4-6,12H2,1-3H3. The van der Waals surface area contributed by atoms with Crippen LogP contribution in [-0.2, 0) is 10.0 Å². The molecule has 1 aromatic rings. The average molecular weight is 273 g/mol. The molecule has 1 fully saturated rings. The number of rotatable bonds is 3. The van der Waals surface area contributed by atoms with Crippen LogP contribution in [0.25, 0.3) is 0 Å². The predicted molar refractivity (Wildman–Crippen MR) is 66.5 cm³/mol. The Morgan fingerprint density at radius 2 is 2.17 bits per heavy atom. The Morgan fingerprint density at radius 1 is 1.50 bits per heavy atom. The molecule has 1 saturated heterocycles. The van der Waals surface area contributed by atoms with Gasteiger partial charge in [-0.25, -0.2) is 8.42 Å². The quantitative estimate of drug-likeness (QED) is 0.873. The van der Waals surface area contributed by atoms with Crippen LogP contribution in [0.3, 0.4) is 0 Å². The first-order valence-electron chi connectivity index (χ1n) is 6.02. The minimum absolute atomic E-state index is 0.0303. The summed E-state index contributed by atoms with van der Waals surface area (Å²) in [4.78, 5) is 0.201. The minimum Gasteiger partial charge on any atom is -0.360 e. The van der Waals surface area contributed by atoms with Crippen molar-refractivity contribution in [2.45, 2.75) is 38.1 Å². The van der Waals surface area contributed by atoms with E-state index in [9.17, 15) is 8.42 Å². The van der Waals surface area contributed by atoms with Gasteiger partial charge >= 0.3 is 0 Å². The summed E-state index contributed by atoms with van der Waals surface area (Å²) >= 11 is 0. The first kappa shape index (κ1) is 13.5. The molecule has 2 atom stereocenters. The van der Waals surface area contributed by atoms with E-state index in [-0.39, 0.29) is 16.9 Å². The summed E-state index contributed by atoms with van der Waals surface area (Å²) in [6.45, 7) is 6.16. The van der Waals surface area contributed by atoms with Crippen molar-refractivity contribution in [1.29, 1.82) is 0 Å². The topological polar surface area (TPSA) is 89.4 Å². The fraction of sp³-hybridized carbons (Fsp3) is 0.727. The fourth-order valence-corrected chi connectivity index (χ4v) is 4.59. The molecule has 2 heterocycles. The molecule has 0 bridgehead atoms. The van der Waals surface area contributed by atoms with Crippen molar-refractivity contribution in [2.24, 2.45) is 11.7 Å². The summed E-state index contributed by atoms with van der Waals surface area (Å²) in [6, 6.07) is -0.0303. The van der Waals surface area contributed by atoms with Crippen molar-refractivity contribution in [2.75, 3.05) is 13.1 Å². The van der Waals surface area contributed by atoms with Crippen LogP contribution in [0.15, 0.2) is 9.42 Å². The van der Waals surface area contributed by atoms with Gasteiger partial charge in [0.15, 0.2) is 5.76 Å². The predicted octanol–water partition coefficient (Wildman–Crippen LogP) is 0.649. The lowest BCUT2D eigenvalue weighted by molar-refractivity contribution is 0.386. The van der Waals surface area contributed by atoms with E-state index in [0.29, 0.717) is 24.5 Å². The summed E-state index contributed by atoms with van der Waals surface area (Å²) in [5, 5.41) is 3.71. The molecule has 18 heavy (non-hydrogen) atoms. The van der Waals surface area contributed by atoms with E-state index in [1.165, 1.54) is 4.31 Å². The Kier molecular flexibility index (Phi) is 3.48. The molecule has 2 rings (SSSR count). The van der Waals surface area contributed by atoms with Gasteiger partial charge in [-0.3, -0.25) is 0 Å². The molecule has 0 saturated carbocycles. The molecule has 102 valence electrons. The number of nitrogens with two attached hydrogens (primary N) is 1. The zero-order chi connectivity index (χ0) is 13.5. The zero-order valence-electron chi connectivity index (χ0n) is 10.9. The Morgan fingerprint density at radius 3 is 2.61 bits per heavy atom. The maximum absolute atomic E-state index is 12.6. The number of hydrogen-bond acceptors (Lipinski definition) is 5. The van der Waals surface area contributed by atoms with Gasteiger partial charge in [0.05, 0.1) is 0 Å². The highest BCUT2D eigenvalue weighted by atomic mass is 32.2. The monoisotopic (exact) mass is 273 g/mol. The second-order valence-corrected chi connectivity index (χ2v) is 6.74. The Balaban J connectivity index is 2.38. The highest BCUT2D eigenvalue weighted by Gasteiger charge is 2.39. The van der Waals surface area contributed by atoms with Crippen LogP contribution in [0.4, 0.5) is 0 Å². The van der Waals surface area contributed by atoms with Crippen LogP contribution in [-0.4, -0.2) is 37.0 Å². The summed E-state index contributed by atoms with van der Waals surface area (Å²) in [5.41, 5.74) is 6.04. The van der Waals surface area contributed by atoms with Crippen molar-refractivity contribution >= 4 is 10.0 Å². The van der Waals surface area contributed by atoms with Gasteiger partial charge in [-0.05, 0) is 39.7 Å². The third kappa shape index (κ3) is 2.06. The third-order valence-corrected chi connectivity index (χ3v) is 5.70. The first-order chi connectivity index (χ1) is 8.37. The minimum atomic E-state index is -3.53. The van der Waals surface area contributed by atoms with Gasteiger partial charge < -0.3 is 10.3 Å². The number of aromatic nitrogens is 1. The largest absolute Gasteiger partial charge is 0.360 e. The average Bonchev–Trinajstić information content (AvgIpc) is 2.82. The SMILES string of the molecule is Cc1noc(C)c1S(=O)(=O)N1CC(CN)CC1C. The molecule has 1 aliphatic rings. The molecule has 1 aromatic heterocycles. The van der Waals surface area contributed by atoms with Gasteiger partial charge in [-0.2, -0.15) is 4.31 Å². The summed E-state index contributed by atoms with van der Waals surface area (Å²) < 4.78 is 31.6. The molecule has 2 unspecified atom stereocenters. The van der Waals surface area contributed by atoms with E-state index in [0.717, 1.165) is 6.42 Å². The number of sulfonamides is 1. The molecule has 1 aliphatic heterocycles. The van der Waals surface area contributed by atoms with Gasteiger partial charge in [0.1, 0.15) is 10.6 Å². The van der Waals surface area contributed by atoms with Crippen molar-refractivity contribution < 1.29 is 12.9 Å². The van der Waals surface area contributed by atoms with E-state index < -0.39 is 10.0 Å². The van der Waals surface area contributed by atoms with Crippen molar-refractivity contribution in [3.05, 3.63) is 11.5 Å². The lowest BCUT2D eigenvalue weighted by Crippen LogP contribution is -2.35. The Bertz CT molecular complexity index is 518. The molecule has 2 N–H and O–H groups in total. The van der Waals surface area contributed by atoms with Gasteiger partial charge in [0.2, 0.25) is 10.0 Å². The number of aryl methyl sites for hydroxylation is 2. The van der Waals surface area contributed by atoms with Crippen LogP contribution < -0.4 is 5.73 Å². The lowest BCUT2D eigenvalue weighted by Gasteiger charge is -2.20. The first-order valence-corrected chi connectivity index (χ1v) is 7.46. The van der Waals surface area contributed by atoms with Crippen molar-refractivity contribution in [1.82, 2.24) is 9.46 Å². The molecule has 0 aliphatic carbocycles. The second kappa shape index (κ2) is 4.64. The van der Waals surface area contributed by atoms with E-state index in [1.54, 1.807) is 13.8 Å². The zero-order valence-corrected chi connectivity index (χ0v) is 11.7. The van der Waals surface area contributed by atoms with E-state index in [4.69, 9.17) is 10.3 Å². The Labute approximate surface area is 107 Å². The van der Waals surface area contributed by atoms with Gasteiger partial charge in [-0.1, -0.05) is 5.16 Å². The second-order valence-electron chi connectivity index (χ2n) is 4.91. The van der Waals surface area contributed by atoms with E-state index in [2.05, 4.69) is 5.16 Å². The van der Waals surface area contributed by atoms with E-state index in [1.807, 2.05) is 6.92 Å². The lowest BCUT2D eigenvalue weighted by atomic mass is 10.1. The third-order valence-electron chi connectivity index (χ3n) is 3.47. The van der Waals surface area contributed by atoms with Crippen molar-refractivity contribution in [3.8, 4) is 0 Å². The van der Waals surface area contributed by atoms with Crippen LogP contribution >= 0.6 is 0 Å². The van der Waals surface area contributed by atoms with Crippen LogP contribution in [0.2, 0.25) is 0 Å². The van der Waals surface area contributed by atoms with Gasteiger partial charge in [0, 0.05) is 12.6 Å². The van der Waals surface area contributed by atoms with Crippen LogP contribution in [0.5, 0.6) is 0 Å². The molecule has 0 amide bonds. The van der Waals surface area contributed by atoms with Crippen LogP contribution in [0.1, 0.15) is 24.8 Å². The smallest absolute Gasteiger partial charge is 0.248 e. The number of nitrogens with zero attached hydrogens (tertiary/aromatic N) is 2. The summed E-state index contributed by atoms with van der Waals surface area (Å²) in [7, 11) is -3.53.